The Bertz CT molecular complexity index is 784. The van der Waals surface area contributed by atoms with Crippen LogP contribution in [0.15, 0.2) is 18.2 Å². The molecule has 1 aliphatic heterocycles. The third-order valence-corrected chi connectivity index (χ3v) is 4.02. The van der Waals surface area contributed by atoms with Crippen LogP contribution in [0.25, 0.3) is 0 Å². The first-order valence-corrected chi connectivity index (χ1v) is 7.97. The number of amides is 2. The molecule has 0 unspecified atom stereocenters. The Morgan fingerprint density at radius 1 is 1.35 bits per heavy atom. The van der Waals surface area contributed by atoms with Crippen LogP contribution in [0.1, 0.15) is 17.8 Å². The number of aromatic amines is 1. The van der Waals surface area contributed by atoms with Gasteiger partial charge in [-0.25, -0.2) is 8.78 Å². The van der Waals surface area contributed by atoms with E-state index >= 15 is 0 Å². The average molecular weight is 365 g/mol. The zero-order chi connectivity index (χ0) is 18.5. The first-order valence-electron chi connectivity index (χ1n) is 7.97. The summed E-state index contributed by atoms with van der Waals surface area (Å²) in [5.41, 5.74) is 0.524. The highest BCUT2D eigenvalue weighted by Gasteiger charge is 2.31. The molecule has 26 heavy (non-hydrogen) atoms. The molecule has 3 N–H and O–H groups in total. The van der Waals surface area contributed by atoms with Crippen LogP contribution in [0.2, 0.25) is 0 Å². The Hall–Kier alpha value is -2.95. The number of hydrogen-bond donors (Lipinski definition) is 3. The number of hydrogen-bond acceptors (Lipinski definition) is 6. The van der Waals surface area contributed by atoms with Crippen molar-refractivity contribution in [2.24, 2.45) is 0 Å². The predicted octanol–water partition coefficient (Wildman–Crippen LogP) is -0.515. The molecule has 1 atom stereocenters. The van der Waals surface area contributed by atoms with Crippen molar-refractivity contribution in [2.45, 2.75) is 25.6 Å². The molecule has 138 valence electrons. The highest BCUT2D eigenvalue weighted by Crippen LogP contribution is 2.16. The predicted molar refractivity (Wildman–Crippen MR) is 84.2 cm³/mol. The first kappa shape index (κ1) is 17.9. The van der Waals surface area contributed by atoms with E-state index in [1.54, 1.807) is 4.90 Å². The minimum Gasteiger partial charge on any atom is -0.353 e. The monoisotopic (exact) mass is 365 g/mol. The molecule has 0 bridgehead atoms. The third kappa shape index (κ3) is 4.36. The van der Waals surface area contributed by atoms with Gasteiger partial charge in [0.15, 0.2) is 17.5 Å². The zero-order valence-electron chi connectivity index (χ0n) is 13.7. The average Bonchev–Trinajstić information content (AvgIpc) is 3.13. The van der Waals surface area contributed by atoms with Crippen LogP contribution in [0.5, 0.6) is 0 Å². The second kappa shape index (κ2) is 7.95. The van der Waals surface area contributed by atoms with E-state index in [0.717, 1.165) is 12.1 Å². The van der Waals surface area contributed by atoms with Gasteiger partial charge in [-0.2, -0.15) is 5.21 Å². The van der Waals surface area contributed by atoms with E-state index in [9.17, 15) is 18.4 Å². The molecule has 0 radical (unpaired) electrons. The van der Waals surface area contributed by atoms with Crippen molar-refractivity contribution < 1.29 is 18.4 Å². The van der Waals surface area contributed by atoms with E-state index in [0.29, 0.717) is 24.5 Å². The fourth-order valence-electron chi connectivity index (χ4n) is 2.73. The summed E-state index contributed by atoms with van der Waals surface area (Å²) in [5, 5.41) is 18.4. The van der Waals surface area contributed by atoms with E-state index < -0.39 is 17.7 Å². The van der Waals surface area contributed by atoms with Crippen LogP contribution in [-0.2, 0) is 22.7 Å². The number of aromatic nitrogens is 4. The van der Waals surface area contributed by atoms with Gasteiger partial charge in [-0.15, -0.1) is 10.2 Å². The van der Waals surface area contributed by atoms with Crippen LogP contribution < -0.4 is 10.6 Å². The molecule has 3 rings (SSSR count). The molecule has 1 aromatic heterocycles. The number of halogens is 2. The second-order valence-electron chi connectivity index (χ2n) is 5.83. The normalized spacial score (nSPS) is 17.8. The Balaban J connectivity index is 1.62. The van der Waals surface area contributed by atoms with Gasteiger partial charge in [0.2, 0.25) is 11.8 Å². The van der Waals surface area contributed by atoms with Gasteiger partial charge in [-0.05, 0) is 17.7 Å². The van der Waals surface area contributed by atoms with E-state index in [1.165, 1.54) is 6.07 Å². The van der Waals surface area contributed by atoms with Crippen molar-refractivity contribution in [3.63, 3.8) is 0 Å². The summed E-state index contributed by atoms with van der Waals surface area (Å²) in [4.78, 5) is 26.1. The van der Waals surface area contributed by atoms with Gasteiger partial charge in [0, 0.05) is 19.6 Å². The van der Waals surface area contributed by atoms with Crippen LogP contribution in [-0.4, -0.2) is 56.5 Å². The molecule has 0 aliphatic carbocycles. The van der Waals surface area contributed by atoms with Crippen molar-refractivity contribution in [3.8, 4) is 0 Å². The number of rotatable bonds is 6. The summed E-state index contributed by atoms with van der Waals surface area (Å²) < 4.78 is 26.5. The van der Waals surface area contributed by atoms with Crippen LogP contribution in [0.4, 0.5) is 8.78 Å². The molecule has 1 saturated heterocycles. The molecule has 1 aromatic carbocycles. The van der Waals surface area contributed by atoms with Gasteiger partial charge < -0.3 is 10.6 Å². The third-order valence-electron chi connectivity index (χ3n) is 4.02. The van der Waals surface area contributed by atoms with Crippen molar-refractivity contribution in [2.75, 3.05) is 13.1 Å². The van der Waals surface area contributed by atoms with Crippen molar-refractivity contribution in [1.29, 1.82) is 0 Å². The molecule has 1 fully saturated rings. The topological polar surface area (TPSA) is 116 Å². The summed E-state index contributed by atoms with van der Waals surface area (Å²) in [5.74, 6) is -2.19. The van der Waals surface area contributed by atoms with Gasteiger partial charge in [0.05, 0.1) is 19.0 Å². The number of piperazine rings is 1. The Labute approximate surface area is 147 Å². The molecule has 9 nitrogen and oxygen atoms in total. The van der Waals surface area contributed by atoms with E-state index in [4.69, 9.17) is 0 Å². The van der Waals surface area contributed by atoms with Gasteiger partial charge >= 0.3 is 0 Å². The summed E-state index contributed by atoms with van der Waals surface area (Å²) in [6, 6.07) is 2.89. The summed E-state index contributed by atoms with van der Waals surface area (Å²) in [6.07, 6.45) is -0.0760. The smallest absolute Gasteiger partial charge is 0.237 e. The zero-order valence-corrected chi connectivity index (χ0v) is 13.7. The SMILES string of the molecule is O=C(C[C@H]1C(=O)NCCN1Cc1ccc(F)c(F)c1)NCc1nn[nH]n1. The van der Waals surface area contributed by atoms with Crippen molar-refractivity contribution in [3.05, 3.63) is 41.2 Å². The Morgan fingerprint density at radius 3 is 2.92 bits per heavy atom. The van der Waals surface area contributed by atoms with Crippen molar-refractivity contribution in [1.82, 2.24) is 36.2 Å². The quantitative estimate of drug-likeness (QED) is 0.635. The standard InChI is InChI=1S/C15H17F2N7O2/c16-10-2-1-9(5-11(10)17)8-24-4-3-18-15(26)12(24)6-14(25)19-7-13-20-22-23-21-13/h1-2,5,12H,3-4,6-8H2,(H,18,26)(H,19,25)(H,20,21,22,23)/t12-/m0/s1. The highest BCUT2D eigenvalue weighted by molar-refractivity contribution is 5.88. The number of nitrogens with one attached hydrogen (secondary N) is 3. The maximum Gasteiger partial charge on any atom is 0.237 e. The van der Waals surface area contributed by atoms with Gasteiger partial charge in [0.25, 0.3) is 0 Å². The minimum atomic E-state index is -0.946. The molecule has 0 spiro atoms. The summed E-state index contributed by atoms with van der Waals surface area (Å²) in [7, 11) is 0. The number of tetrazole rings is 1. The Kier molecular flexibility index (Phi) is 5.46. The molecule has 1 aliphatic rings. The Morgan fingerprint density at radius 2 is 2.19 bits per heavy atom. The minimum absolute atomic E-state index is 0.0760. The maximum atomic E-state index is 13.4. The lowest BCUT2D eigenvalue weighted by atomic mass is 10.1. The van der Waals surface area contributed by atoms with Crippen LogP contribution in [0, 0.1) is 11.6 Å². The number of carbonyl (C=O) groups excluding carboxylic acids is 2. The lowest BCUT2D eigenvalue weighted by molar-refractivity contribution is -0.134. The summed E-state index contributed by atoms with van der Waals surface area (Å²) >= 11 is 0. The fourth-order valence-corrected chi connectivity index (χ4v) is 2.73. The van der Waals surface area contributed by atoms with Crippen LogP contribution in [0.3, 0.4) is 0 Å². The van der Waals surface area contributed by atoms with Gasteiger partial charge in [-0.1, -0.05) is 11.3 Å². The molecule has 11 heteroatoms. The van der Waals surface area contributed by atoms with Gasteiger partial charge in [-0.3, -0.25) is 14.5 Å². The van der Waals surface area contributed by atoms with Crippen LogP contribution >= 0.6 is 0 Å². The molecule has 2 aromatic rings. The number of H-pyrrole nitrogens is 1. The summed E-state index contributed by atoms with van der Waals surface area (Å²) in [6.45, 7) is 1.23. The first-order chi connectivity index (χ1) is 12.5. The number of benzene rings is 1. The maximum absolute atomic E-state index is 13.4. The lowest BCUT2D eigenvalue weighted by Crippen LogP contribution is -2.56. The fraction of sp³-hybridized carbons (Fsp3) is 0.400. The number of carbonyl (C=O) groups is 2. The van der Waals surface area contributed by atoms with E-state index in [2.05, 4.69) is 31.3 Å². The molecule has 2 heterocycles. The molecule has 2 amide bonds. The largest absolute Gasteiger partial charge is 0.353 e. The van der Waals surface area contributed by atoms with Crippen molar-refractivity contribution >= 4 is 11.8 Å². The van der Waals surface area contributed by atoms with E-state index in [1.807, 2.05) is 0 Å². The second-order valence-corrected chi connectivity index (χ2v) is 5.83. The van der Waals surface area contributed by atoms with Gasteiger partial charge in [0.1, 0.15) is 0 Å². The molecular formula is C15H17F2N7O2. The number of nitrogens with zero attached hydrogens (tertiary/aromatic N) is 4. The molecular weight excluding hydrogens is 348 g/mol. The molecule has 0 saturated carbocycles. The highest BCUT2D eigenvalue weighted by atomic mass is 19.2. The lowest BCUT2D eigenvalue weighted by Gasteiger charge is -2.34. The van der Waals surface area contributed by atoms with E-state index in [-0.39, 0.29) is 31.3 Å².